The number of carbonyl (C=O) groups is 3. The summed E-state index contributed by atoms with van der Waals surface area (Å²) in [5.41, 5.74) is -0.781. The predicted molar refractivity (Wildman–Crippen MR) is 140 cm³/mol. The Kier molecular flexibility index (Phi) is 7.31. The van der Waals surface area contributed by atoms with Gasteiger partial charge in [-0.2, -0.15) is 0 Å². The Morgan fingerprint density at radius 3 is 2.59 bits per heavy atom. The number of nitrogens with one attached hydrogen (secondary N) is 2. The van der Waals surface area contributed by atoms with Crippen molar-refractivity contribution in [1.29, 1.82) is 0 Å². The Bertz CT molecular complexity index is 1110. The Labute approximate surface area is 227 Å². The molecule has 4 aliphatic rings. The van der Waals surface area contributed by atoms with Crippen LogP contribution in [0.15, 0.2) is 30.4 Å². The van der Waals surface area contributed by atoms with E-state index in [4.69, 9.17) is 32.7 Å². The minimum atomic E-state index is -1.21. The maximum Gasteiger partial charge on any atom is 0.246 e. The van der Waals surface area contributed by atoms with Crippen LogP contribution in [0.25, 0.3) is 0 Å². The molecule has 8 unspecified atom stereocenters. The second-order valence-corrected chi connectivity index (χ2v) is 11.6. The lowest BCUT2D eigenvalue weighted by Crippen LogP contribution is -2.58. The number of nitrogens with zero attached hydrogens (tertiary/aromatic N) is 1. The molecule has 2 N–H and O–H groups in total. The zero-order valence-corrected chi connectivity index (χ0v) is 22.7. The lowest BCUT2D eigenvalue weighted by molar-refractivity contribution is -0.142. The summed E-state index contributed by atoms with van der Waals surface area (Å²) in [5.74, 6) is -1.69. The van der Waals surface area contributed by atoms with Gasteiger partial charge in [-0.1, -0.05) is 62.0 Å². The summed E-state index contributed by atoms with van der Waals surface area (Å²) in [7, 11) is 1.55. The van der Waals surface area contributed by atoms with Crippen LogP contribution in [0, 0.1) is 23.7 Å². The van der Waals surface area contributed by atoms with Crippen molar-refractivity contribution in [2.45, 2.75) is 56.9 Å². The van der Waals surface area contributed by atoms with Crippen molar-refractivity contribution in [3.8, 4) is 0 Å². The molecule has 1 spiro atoms. The molecule has 3 heterocycles. The topological polar surface area (TPSA) is 97.0 Å². The molecule has 1 aromatic rings. The Morgan fingerprint density at radius 1 is 1.16 bits per heavy atom. The van der Waals surface area contributed by atoms with Crippen molar-refractivity contribution >= 4 is 46.6 Å². The van der Waals surface area contributed by atoms with Crippen LogP contribution < -0.4 is 10.6 Å². The molecule has 5 rings (SSSR count). The third-order valence-corrected chi connectivity index (χ3v) is 9.06. The van der Waals surface area contributed by atoms with E-state index in [0.717, 1.165) is 19.3 Å². The number of hydrogen-bond donors (Lipinski definition) is 2. The summed E-state index contributed by atoms with van der Waals surface area (Å²) < 4.78 is 11.6. The molecule has 3 aliphatic heterocycles. The van der Waals surface area contributed by atoms with Gasteiger partial charge in [0, 0.05) is 35.4 Å². The van der Waals surface area contributed by atoms with Crippen LogP contribution in [0.2, 0.25) is 10.0 Å². The zero-order valence-electron chi connectivity index (χ0n) is 21.2. The largest absolute Gasteiger partial charge is 0.383 e. The van der Waals surface area contributed by atoms with Crippen molar-refractivity contribution in [3.63, 3.8) is 0 Å². The van der Waals surface area contributed by atoms with E-state index < -0.39 is 29.6 Å². The van der Waals surface area contributed by atoms with E-state index >= 15 is 0 Å². The van der Waals surface area contributed by atoms with Crippen molar-refractivity contribution in [2.75, 3.05) is 25.6 Å². The SMILES string of the molecule is COCCN1C(=O)C2C(C(=O)Nc3cc(Cl)cc(Cl)c3)C3C=CC2(O3)C1C(=O)NC1CCCC(C)C1C. The normalized spacial score (nSPS) is 36.1. The summed E-state index contributed by atoms with van der Waals surface area (Å²) in [5, 5.41) is 6.84. The van der Waals surface area contributed by atoms with Crippen molar-refractivity contribution in [3.05, 3.63) is 40.4 Å². The molecule has 0 aromatic heterocycles. The van der Waals surface area contributed by atoms with Gasteiger partial charge in [-0.25, -0.2) is 0 Å². The number of anilines is 1. The summed E-state index contributed by atoms with van der Waals surface area (Å²) >= 11 is 12.2. The monoisotopic (exact) mass is 549 g/mol. The Hall–Kier alpha value is -2.13. The van der Waals surface area contributed by atoms with Crippen LogP contribution in [0.4, 0.5) is 5.69 Å². The smallest absolute Gasteiger partial charge is 0.246 e. The molecule has 37 heavy (non-hydrogen) atoms. The molecule has 3 amide bonds. The number of amides is 3. The molecular weight excluding hydrogens is 517 g/mol. The molecule has 10 heteroatoms. The van der Waals surface area contributed by atoms with Gasteiger partial charge in [0.2, 0.25) is 17.7 Å². The predicted octanol–water partition coefficient (Wildman–Crippen LogP) is 3.67. The van der Waals surface area contributed by atoms with E-state index in [-0.39, 0.29) is 36.9 Å². The number of rotatable bonds is 7. The Balaban J connectivity index is 1.43. The fourth-order valence-electron chi connectivity index (χ4n) is 6.60. The third kappa shape index (κ3) is 4.56. The van der Waals surface area contributed by atoms with Gasteiger partial charge in [0.05, 0.1) is 24.5 Å². The van der Waals surface area contributed by atoms with Crippen molar-refractivity contribution in [1.82, 2.24) is 10.2 Å². The van der Waals surface area contributed by atoms with E-state index in [1.165, 1.54) is 4.90 Å². The molecule has 2 bridgehead atoms. The summed E-state index contributed by atoms with van der Waals surface area (Å²) in [6, 6.07) is 3.90. The van der Waals surface area contributed by atoms with Gasteiger partial charge in [-0.3, -0.25) is 14.4 Å². The average Bonchev–Trinajstić information content (AvgIpc) is 3.47. The molecule has 3 fully saturated rings. The number of carbonyl (C=O) groups excluding carboxylic acids is 3. The van der Waals surface area contributed by atoms with Gasteiger partial charge in [0.25, 0.3) is 0 Å². The summed E-state index contributed by atoms with van der Waals surface area (Å²) in [6.45, 7) is 4.86. The number of hydrogen-bond acceptors (Lipinski definition) is 5. The fraction of sp³-hybridized carbons (Fsp3) is 0.593. The lowest BCUT2D eigenvalue weighted by atomic mass is 9.73. The van der Waals surface area contributed by atoms with Gasteiger partial charge in [0.15, 0.2) is 0 Å². The molecule has 2 saturated heterocycles. The zero-order chi connectivity index (χ0) is 26.5. The first-order valence-corrected chi connectivity index (χ1v) is 13.7. The van der Waals surface area contributed by atoms with E-state index in [2.05, 4.69) is 24.5 Å². The first-order valence-electron chi connectivity index (χ1n) is 12.9. The molecule has 8 nitrogen and oxygen atoms in total. The summed E-state index contributed by atoms with van der Waals surface area (Å²) in [4.78, 5) is 42.7. The molecule has 8 atom stereocenters. The van der Waals surface area contributed by atoms with Crippen molar-refractivity contribution in [2.24, 2.45) is 23.7 Å². The molecule has 200 valence electrons. The number of likely N-dealkylation sites (tertiary alicyclic amines) is 1. The highest BCUT2D eigenvalue weighted by Crippen LogP contribution is 2.55. The highest BCUT2D eigenvalue weighted by Gasteiger charge is 2.72. The van der Waals surface area contributed by atoms with E-state index in [0.29, 0.717) is 27.6 Å². The third-order valence-electron chi connectivity index (χ3n) is 8.63. The molecular formula is C27H33Cl2N3O5. The van der Waals surface area contributed by atoms with Crippen LogP contribution in [-0.4, -0.2) is 66.7 Å². The van der Waals surface area contributed by atoms with Gasteiger partial charge in [-0.05, 0) is 36.5 Å². The first-order chi connectivity index (χ1) is 17.7. The van der Waals surface area contributed by atoms with Gasteiger partial charge in [-0.15, -0.1) is 0 Å². The van der Waals surface area contributed by atoms with Gasteiger partial charge >= 0.3 is 0 Å². The highest BCUT2D eigenvalue weighted by molar-refractivity contribution is 6.35. The first kappa shape index (κ1) is 26.5. The maximum atomic E-state index is 13.9. The molecule has 1 aliphatic carbocycles. The van der Waals surface area contributed by atoms with Crippen LogP contribution in [-0.2, 0) is 23.9 Å². The van der Waals surface area contributed by atoms with E-state index in [1.807, 2.05) is 6.08 Å². The number of benzene rings is 1. The quantitative estimate of drug-likeness (QED) is 0.506. The van der Waals surface area contributed by atoms with Gasteiger partial charge in [0.1, 0.15) is 11.6 Å². The minimum absolute atomic E-state index is 0.0281. The standard InChI is InChI=1S/C27H33Cl2N3O5/c1-14-5-4-6-19(15(14)2)31-25(34)23-27-8-7-20(37-27)21(22(27)26(35)32(23)9-10-36-3)24(33)30-18-12-16(28)11-17(29)13-18/h7-8,11-15,19-23H,4-6,9-10H2,1-3H3,(H,30,33)(H,31,34). The van der Waals surface area contributed by atoms with Crippen LogP contribution in [0.3, 0.4) is 0 Å². The number of halogens is 2. The fourth-order valence-corrected chi connectivity index (χ4v) is 7.12. The molecule has 1 saturated carbocycles. The van der Waals surface area contributed by atoms with E-state index in [1.54, 1.807) is 31.4 Å². The Morgan fingerprint density at radius 2 is 1.89 bits per heavy atom. The number of ether oxygens (including phenoxy) is 2. The van der Waals surface area contributed by atoms with Crippen LogP contribution in [0.5, 0.6) is 0 Å². The van der Waals surface area contributed by atoms with Crippen LogP contribution >= 0.6 is 23.2 Å². The van der Waals surface area contributed by atoms with Crippen molar-refractivity contribution < 1.29 is 23.9 Å². The lowest BCUT2D eigenvalue weighted by Gasteiger charge is -2.38. The second-order valence-electron chi connectivity index (χ2n) is 10.8. The summed E-state index contributed by atoms with van der Waals surface area (Å²) in [6.07, 6.45) is 6.09. The molecule has 1 aromatic carbocycles. The maximum absolute atomic E-state index is 13.9. The van der Waals surface area contributed by atoms with E-state index in [9.17, 15) is 14.4 Å². The average molecular weight is 550 g/mol. The second kappa shape index (κ2) is 10.2. The minimum Gasteiger partial charge on any atom is -0.383 e. The highest BCUT2D eigenvalue weighted by atomic mass is 35.5. The molecule has 0 radical (unpaired) electrons. The number of methoxy groups -OCH3 is 1. The van der Waals surface area contributed by atoms with Crippen LogP contribution in [0.1, 0.15) is 33.1 Å². The van der Waals surface area contributed by atoms with Gasteiger partial charge < -0.3 is 25.0 Å². The number of fused-ring (bicyclic) bond motifs is 1.